The Morgan fingerprint density at radius 3 is 2.59 bits per heavy atom. The molecule has 4 nitrogen and oxygen atoms in total. The van der Waals surface area contributed by atoms with Gasteiger partial charge < -0.3 is 9.72 Å². The molecule has 17 heavy (non-hydrogen) atoms. The van der Waals surface area contributed by atoms with E-state index in [1.54, 1.807) is 6.92 Å². The first-order chi connectivity index (χ1) is 8.17. The fraction of sp³-hybridized carbons (Fsp3) is 0.231. The van der Waals surface area contributed by atoms with Crippen LogP contribution in [-0.2, 0) is 6.42 Å². The second-order valence-electron chi connectivity index (χ2n) is 3.77. The van der Waals surface area contributed by atoms with E-state index in [2.05, 4.69) is 16.9 Å². The largest absolute Gasteiger partial charge is 0.439 e. The van der Waals surface area contributed by atoms with Gasteiger partial charge in [-0.15, -0.1) is 0 Å². The topological polar surface area (TPSA) is 55.0 Å². The molecule has 0 spiro atoms. The van der Waals surface area contributed by atoms with E-state index in [-0.39, 0.29) is 5.56 Å². The molecule has 1 aromatic heterocycles. The van der Waals surface area contributed by atoms with Crippen LogP contribution in [0.25, 0.3) is 0 Å². The van der Waals surface area contributed by atoms with Gasteiger partial charge in [0.25, 0.3) is 5.56 Å². The highest BCUT2D eigenvalue weighted by atomic mass is 16.5. The summed E-state index contributed by atoms with van der Waals surface area (Å²) in [6, 6.07) is 9.07. The van der Waals surface area contributed by atoms with Crippen LogP contribution in [-0.4, -0.2) is 9.97 Å². The van der Waals surface area contributed by atoms with Crippen molar-refractivity contribution in [3.05, 3.63) is 52.1 Å². The van der Waals surface area contributed by atoms with E-state index in [4.69, 9.17) is 4.74 Å². The van der Waals surface area contributed by atoms with Crippen LogP contribution in [0.4, 0.5) is 0 Å². The Morgan fingerprint density at radius 2 is 2.00 bits per heavy atom. The number of rotatable bonds is 3. The second kappa shape index (κ2) is 4.82. The van der Waals surface area contributed by atoms with Gasteiger partial charge in [0.15, 0.2) is 0 Å². The van der Waals surface area contributed by atoms with Gasteiger partial charge in [-0.05, 0) is 31.0 Å². The molecule has 0 aliphatic heterocycles. The van der Waals surface area contributed by atoms with Crippen molar-refractivity contribution in [1.29, 1.82) is 0 Å². The van der Waals surface area contributed by atoms with Crippen molar-refractivity contribution < 1.29 is 4.74 Å². The van der Waals surface area contributed by atoms with Crippen molar-refractivity contribution in [2.45, 2.75) is 20.3 Å². The second-order valence-corrected chi connectivity index (χ2v) is 3.77. The molecule has 0 saturated heterocycles. The molecule has 0 saturated carbocycles. The third kappa shape index (κ3) is 2.93. The number of aryl methyl sites for hydroxylation is 2. The molecule has 0 bridgehead atoms. The number of ether oxygens (including phenoxy) is 1. The highest BCUT2D eigenvalue weighted by molar-refractivity contribution is 5.30. The van der Waals surface area contributed by atoms with Gasteiger partial charge in [-0.2, -0.15) is 0 Å². The smallest absolute Gasteiger partial charge is 0.254 e. The normalized spacial score (nSPS) is 10.2. The molecule has 0 radical (unpaired) electrons. The van der Waals surface area contributed by atoms with Crippen molar-refractivity contribution in [3.63, 3.8) is 0 Å². The number of aromatic nitrogens is 2. The van der Waals surface area contributed by atoms with Gasteiger partial charge in [0.05, 0.1) is 6.07 Å². The molecule has 2 rings (SSSR count). The number of nitrogens with one attached hydrogen (secondary N) is 1. The number of nitrogens with zero attached hydrogens (tertiary/aromatic N) is 1. The van der Waals surface area contributed by atoms with Crippen molar-refractivity contribution in [1.82, 2.24) is 9.97 Å². The fourth-order valence-corrected chi connectivity index (χ4v) is 1.52. The van der Waals surface area contributed by atoms with Crippen molar-refractivity contribution in [3.8, 4) is 11.6 Å². The summed E-state index contributed by atoms with van der Waals surface area (Å²) in [4.78, 5) is 17.9. The van der Waals surface area contributed by atoms with Crippen LogP contribution in [0, 0.1) is 6.92 Å². The minimum absolute atomic E-state index is 0.210. The molecular formula is C13H14N2O2. The zero-order valence-corrected chi connectivity index (χ0v) is 9.86. The number of aromatic amines is 1. The van der Waals surface area contributed by atoms with E-state index in [0.29, 0.717) is 17.5 Å². The first-order valence-electron chi connectivity index (χ1n) is 5.52. The molecule has 1 heterocycles. The predicted molar refractivity (Wildman–Crippen MR) is 65.5 cm³/mol. The van der Waals surface area contributed by atoms with Gasteiger partial charge in [0.1, 0.15) is 11.6 Å². The SMILES string of the molecule is CCc1ccc(Oc2cc(=O)[nH]c(C)n2)cc1. The Kier molecular flexibility index (Phi) is 3.23. The van der Waals surface area contributed by atoms with Gasteiger partial charge in [0, 0.05) is 0 Å². The van der Waals surface area contributed by atoms with Crippen LogP contribution in [0.15, 0.2) is 35.1 Å². The summed E-state index contributed by atoms with van der Waals surface area (Å²) in [7, 11) is 0. The van der Waals surface area contributed by atoms with Crippen molar-refractivity contribution in [2.24, 2.45) is 0 Å². The van der Waals surface area contributed by atoms with Gasteiger partial charge in [-0.3, -0.25) is 4.79 Å². The number of benzene rings is 1. The third-order valence-electron chi connectivity index (χ3n) is 2.39. The van der Waals surface area contributed by atoms with Crippen molar-refractivity contribution >= 4 is 0 Å². The molecule has 0 aliphatic rings. The Hall–Kier alpha value is -2.10. The molecule has 0 aliphatic carbocycles. The predicted octanol–water partition coefficient (Wildman–Crippen LogP) is 2.43. The minimum atomic E-state index is -0.210. The van der Waals surface area contributed by atoms with Gasteiger partial charge in [-0.25, -0.2) is 4.98 Å². The Morgan fingerprint density at radius 1 is 1.29 bits per heavy atom. The lowest BCUT2D eigenvalue weighted by molar-refractivity contribution is 0.458. The molecular weight excluding hydrogens is 216 g/mol. The summed E-state index contributed by atoms with van der Waals surface area (Å²) >= 11 is 0. The van der Waals surface area contributed by atoms with Crippen LogP contribution in [0.1, 0.15) is 18.3 Å². The standard InChI is InChI=1S/C13H14N2O2/c1-3-10-4-6-11(7-5-10)17-13-8-12(16)14-9(2)15-13/h4-8H,3H2,1-2H3,(H,14,15,16). The first kappa shape index (κ1) is 11.4. The zero-order valence-electron chi connectivity index (χ0n) is 9.86. The molecule has 0 unspecified atom stereocenters. The number of hydrogen-bond donors (Lipinski definition) is 1. The average Bonchev–Trinajstić information content (AvgIpc) is 2.28. The highest BCUT2D eigenvalue weighted by Crippen LogP contribution is 2.18. The summed E-state index contributed by atoms with van der Waals surface area (Å²) < 4.78 is 5.51. The van der Waals surface area contributed by atoms with Crippen LogP contribution in [0.2, 0.25) is 0 Å². The lowest BCUT2D eigenvalue weighted by Gasteiger charge is -2.05. The molecule has 88 valence electrons. The van der Waals surface area contributed by atoms with Crippen LogP contribution >= 0.6 is 0 Å². The number of hydrogen-bond acceptors (Lipinski definition) is 3. The monoisotopic (exact) mass is 230 g/mol. The van der Waals surface area contributed by atoms with Crippen LogP contribution in [0.5, 0.6) is 11.6 Å². The maximum Gasteiger partial charge on any atom is 0.254 e. The van der Waals surface area contributed by atoms with Crippen LogP contribution in [0.3, 0.4) is 0 Å². The van der Waals surface area contributed by atoms with Crippen LogP contribution < -0.4 is 10.3 Å². The van der Waals surface area contributed by atoms with E-state index >= 15 is 0 Å². The van der Waals surface area contributed by atoms with E-state index in [9.17, 15) is 4.79 Å². The van der Waals surface area contributed by atoms with Gasteiger partial charge >= 0.3 is 0 Å². The summed E-state index contributed by atoms with van der Waals surface area (Å²) in [5.74, 6) is 1.54. The quantitative estimate of drug-likeness (QED) is 0.881. The highest BCUT2D eigenvalue weighted by Gasteiger charge is 2.01. The maximum atomic E-state index is 11.2. The Bertz CT molecular complexity index is 558. The molecule has 0 atom stereocenters. The fourth-order valence-electron chi connectivity index (χ4n) is 1.52. The van der Waals surface area contributed by atoms with E-state index in [1.165, 1.54) is 11.6 Å². The zero-order chi connectivity index (χ0) is 12.3. The molecule has 0 amide bonds. The Labute approximate surface area is 99.3 Å². The lowest BCUT2D eigenvalue weighted by Crippen LogP contribution is -2.08. The third-order valence-corrected chi connectivity index (χ3v) is 2.39. The van der Waals surface area contributed by atoms with E-state index in [0.717, 1.165) is 6.42 Å². The minimum Gasteiger partial charge on any atom is -0.439 e. The average molecular weight is 230 g/mol. The van der Waals surface area contributed by atoms with Gasteiger partial charge in [0.2, 0.25) is 5.88 Å². The number of H-pyrrole nitrogens is 1. The molecule has 1 aromatic carbocycles. The summed E-state index contributed by atoms with van der Waals surface area (Å²) in [5.41, 5.74) is 1.03. The summed E-state index contributed by atoms with van der Waals surface area (Å²) in [6.45, 7) is 3.81. The van der Waals surface area contributed by atoms with Crippen molar-refractivity contribution in [2.75, 3.05) is 0 Å². The Balaban J connectivity index is 2.22. The molecule has 2 aromatic rings. The van der Waals surface area contributed by atoms with Gasteiger partial charge in [-0.1, -0.05) is 19.1 Å². The maximum absolute atomic E-state index is 11.2. The van der Waals surface area contributed by atoms with E-state index in [1.807, 2.05) is 24.3 Å². The molecule has 0 fully saturated rings. The summed E-state index contributed by atoms with van der Waals surface area (Å²) in [5, 5.41) is 0. The van der Waals surface area contributed by atoms with E-state index < -0.39 is 0 Å². The first-order valence-corrected chi connectivity index (χ1v) is 5.52. The molecule has 4 heteroatoms. The summed E-state index contributed by atoms with van der Waals surface area (Å²) in [6.07, 6.45) is 0.989. The lowest BCUT2D eigenvalue weighted by atomic mass is 10.2. The molecule has 1 N–H and O–H groups in total.